The summed E-state index contributed by atoms with van der Waals surface area (Å²) in [6.45, 7) is 1.07. The summed E-state index contributed by atoms with van der Waals surface area (Å²) in [6, 6.07) is 7.86. The molecule has 0 aromatic heterocycles. The molecule has 5 heteroatoms. The fourth-order valence-electron chi connectivity index (χ4n) is 1.18. The lowest BCUT2D eigenvalue weighted by Crippen LogP contribution is -2.20. The summed E-state index contributed by atoms with van der Waals surface area (Å²) < 4.78 is 29.2. The molecule has 90 valence electrons. The zero-order chi connectivity index (χ0) is 11.8. The first-order valence-electron chi connectivity index (χ1n) is 5.00. The van der Waals surface area contributed by atoms with Gasteiger partial charge in [-0.3, -0.25) is 0 Å². The highest BCUT2D eigenvalue weighted by Crippen LogP contribution is 2.14. The summed E-state index contributed by atoms with van der Waals surface area (Å²) in [5.74, 6) is 0. The van der Waals surface area contributed by atoms with E-state index in [0.717, 1.165) is 10.0 Å². The van der Waals surface area contributed by atoms with Crippen LogP contribution in [0.3, 0.4) is 0 Å². The Balaban J connectivity index is 2.10. The molecule has 0 saturated heterocycles. The monoisotopic (exact) mass is 293 g/mol. The van der Waals surface area contributed by atoms with Crippen LogP contribution in [0.25, 0.3) is 0 Å². The average Bonchev–Trinajstić information content (AvgIpc) is 2.25. The van der Waals surface area contributed by atoms with Gasteiger partial charge in [-0.15, -0.1) is 0 Å². The average molecular weight is 294 g/mol. The van der Waals surface area contributed by atoms with Crippen LogP contribution in [0.4, 0.5) is 8.78 Å². The Morgan fingerprint density at radius 2 is 2.06 bits per heavy atom. The van der Waals surface area contributed by atoms with E-state index in [9.17, 15) is 8.78 Å². The van der Waals surface area contributed by atoms with Crippen LogP contribution in [0.5, 0.6) is 0 Å². The van der Waals surface area contributed by atoms with Crippen molar-refractivity contribution in [2.75, 3.05) is 19.8 Å². The Hall–Kier alpha value is -0.520. The minimum absolute atomic E-state index is 0.300. The molecule has 0 unspecified atom stereocenters. The van der Waals surface area contributed by atoms with E-state index in [0.29, 0.717) is 19.7 Å². The van der Waals surface area contributed by atoms with Gasteiger partial charge in [-0.25, -0.2) is 8.78 Å². The maximum Gasteiger partial charge on any atom is 0.261 e. The Kier molecular flexibility index (Phi) is 6.52. The molecular formula is C11H14BrF2NO. The van der Waals surface area contributed by atoms with E-state index in [1.165, 1.54) is 0 Å². The van der Waals surface area contributed by atoms with Crippen molar-refractivity contribution in [3.05, 3.63) is 34.3 Å². The number of halogens is 3. The topological polar surface area (TPSA) is 21.3 Å². The highest BCUT2D eigenvalue weighted by atomic mass is 79.9. The van der Waals surface area contributed by atoms with Gasteiger partial charge < -0.3 is 10.1 Å². The minimum Gasteiger partial charge on any atom is -0.374 e. The van der Waals surface area contributed by atoms with Gasteiger partial charge >= 0.3 is 0 Å². The molecular weight excluding hydrogens is 280 g/mol. The van der Waals surface area contributed by atoms with Crippen molar-refractivity contribution < 1.29 is 13.5 Å². The molecule has 0 aliphatic rings. The summed E-state index contributed by atoms with van der Waals surface area (Å²) in [5, 5.41) is 3.12. The fraction of sp³-hybridized carbons (Fsp3) is 0.455. The van der Waals surface area contributed by atoms with Gasteiger partial charge in [0.25, 0.3) is 6.43 Å². The summed E-state index contributed by atoms with van der Waals surface area (Å²) in [4.78, 5) is 0. The second kappa shape index (κ2) is 7.70. The third kappa shape index (κ3) is 5.53. The molecule has 1 N–H and O–H groups in total. The Morgan fingerprint density at radius 1 is 1.31 bits per heavy atom. The molecule has 0 saturated carbocycles. The molecule has 0 amide bonds. The quantitative estimate of drug-likeness (QED) is 0.781. The predicted molar refractivity (Wildman–Crippen MR) is 62.7 cm³/mol. The van der Waals surface area contributed by atoms with Crippen LogP contribution < -0.4 is 5.32 Å². The zero-order valence-corrected chi connectivity index (χ0v) is 10.3. The first-order valence-corrected chi connectivity index (χ1v) is 5.79. The van der Waals surface area contributed by atoms with Gasteiger partial charge in [0.2, 0.25) is 0 Å². The molecule has 0 atom stereocenters. The van der Waals surface area contributed by atoms with Crippen molar-refractivity contribution in [1.29, 1.82) is 0 Å². The largest absolute Gasteiger partial charge is 0.374 e. The number of hydrogen-bond acceptors (Lipinski definition) is 2. The lowest BCUT2D eigenvalue weighted by molar-refractivity contribution is 0.0187. The Labute approximate surface area is 102 Å². The number of nitrogens with one attached hydrogen (secondary N) is 1. The number of ether oxygens (including phenoxy) is 1. The molecule has 0 aliphatic carbocycles. The standard InChI is InChI=1S/C11H14BrF2NO/c12-10-4-2-1-3-9(10)7-15-5-6-16-8-11(13)14/h1-4,11,15H,5-8H2. The Morgan fingerprint density at radius 3 is 2.75 bits per heavy atom. The molecule has 2 nitrogen and oxygen atoms in total. The SMILES string of the molecule is FC(F)COCCNCc1ccccc1Br. The summed E-state index contributed by atoms with van der Waals surface area (Å²) in [6.07, 6.45) is -2.39. The summed E-state index contributed by atoms with van der Waals surface area (Å²) >= 11 is 3.43. The first kappa shape index (κ1) is 13.5. The molecule has 1 aromatic carbocycles. The van der Waals surface area contributed by atoms with Gasteiger partial charge in [0.05, 0.1) is 6.61 Å². The van der Waals surface area contributed by atoms with Crippen molar-refractivity contribution in [3.8, 4) is 0 Å². The molecule has 0 spiro atoms. The molecule has 0 heterocycles. The smallest absolute Gasteiger partial charge is 0.261 e. The minimum atomic E-state index is -2.39. The summed E-state index contributed by atoms with van der Waals surface area (Å²) in [7, 11) is 0. The molecule has 16 heavy (non-hydrogen) atoms. The molecule has 1 rings (SSSR count). The molecule has 0 fully saturated rings. The second-order valence-corrected chi connectivity index (χ2v) is 4.09. The van der Waals surface area contributed by atoms with Crippen molar-refractivity contribution >= 4 is 15.9 Å². The number of hydrogen-bond donors (Lipinski definition) is 1. The fourth-order valence-corrected chi connectivity index (χ4v) is 1.61. The van der Waals surface area contributed by atoms with Crippen LogP contribution in [0.1, 0.15) is 5.56 Å². The molecule has 0 bridgehead atoms. The third-order valence-electron chi connectivity index (χ3n) is 1.94. The number of alkyl halides is 2. The van der Waals surface area contributed by atoms with Gasteiger partial charge in [0.15, 0.2) is 0 Å². The maximum absolute atomic E-state index is 11.7. The van der Waals surface area contributed by atoms with Crippen molar-refractivity contribution in [1.82, 2.24) is 5.32 Å². The van der Waals surface area contributed by atoms with Gasteiger partial charge in [0.1, 0.15) is 6.61 Å². The zero-order valence-electron chi connectivity index (χ0n) is 8.76. The second-order valence-electron chi connectivity index (χ2n) is 3.23. The van der Waals surface area contributed by atoms with E-state index in [1.54, 1.807) is 0 Å². The van der Waals surface area contributed by atoms with Crippen molar-refractivity contribution in [3.63, 3.8) is 0 Å². The highest BCUT2D eigenvalue weighted by molar-refractivity contribution is 9.10. The van der Waals surface area contributed by atoms with E-state index in [4.69, 9.17) is 4.74 Å². The summed E-state index contributed by atoms with van der Waals surface area (Å²) in [5.41, 5.74) is 1.14. The van der Waals surface area contributed by atoms with Gasteiger partial charge in [-0.05, 0) is 11.6 Å². The van der Waals surface area contributed by atoms with E-state index >= 15 is 0 Å². The van der Waals surface area contributed by atoms with E-state index in [2.05, 4.69) is 21.2 Å². The molecule has 1 aromatic rings. The van der Waals surface area contributed by atoms with Crippen molar-refractivity contribution in [2.24, 2.45) is 0 Å². The predicted octanol–water partition coefficient (Wildman–Crippen LogP) is 2.82. The lowest BCUT2D eigenvalue weighted by Gasteiger charge is -2.07. The normalized spacial score (nSPS) is 11.0. The van der Waals surface area contributed by atoms with E-state index in [1.807, 2.05) is 24.3 Å². The highest BCUT2D eigenvalue weighted by Gasteiger charge is 2.01. The van der Waals surface area contributed by atoms with Gasteiger partial charge in [0, 0.05) is 17.6 Å². The lowest BCUT2D eigenvalue weighted by atomic mass is 10.2. The van der Waals surface area contributed by atoms with Crippen molar-refractivity contribution in [2.45, 2.75) is 13.0 Å². The number of benzene rings is 1. The van der Waals surface area contributed by atoms with Crippen LogP contribution >= 0.6 is 15.9 Å². The molecule has 0 radical (unpaired) electrons. The van der Waals surface area contributed by atoms with Gasteiger partial charge in [-0.1, -0.05) is 34.1 Å². The van der Waals surface area contributed by atoms with E-state index in [-0.39, 0.29) is 0 Å². The van der Waals surface area contributed by atoms with Crippen LogP contribution in [0, 0.1) is 0 Å². The Bertz CT molecular complexity index is 310. The first-order chi connectivity index (χ1) is 7.70. The van der Waals surface area contributed by atoms with Crippen LogP contribution in [0.2, 0.25) is 0 Å². The van der Waals surface area contributed by atoms with Crippen LogP contribution in [-0.2, 0) is 11.3 Å². The van der Waals surface area contributed by atoms with Crippen LogP contribution in [0.15, 0.2) is 28.7 Å². The third-order valence-corrected chi connectivity index (χ3v) is 2.71. The van der Waals surface area contributed by atoms with Crippen LogP contribution in [-0.4, -0.2) is 26.2 Å². The van der Waals surface area contributed by atoms with E-state index < -0.39 is 13.0 Å². The molecule has 0 aliphatic heterocycles. The van der Waals surface area contributed by atoms with Gasteiger partial charge in [-0.2, -0.15) is 0 Å². The number of rotatable bonds is 7. The maximum atomic E-state index is 11.7.